The Morgan fingerprint density at radius 3 is 2.34 bits per heavy atom. The summed E-state index contributed by atoms with van der Waals surface area (Å²) >= 11 is 0. The Kier molecular flexibility index (Phi) is 6.05. The number of nitrogens with two attached hydrogens (primary N) is 1. The normalized spacial score (nSPS) is 30.2. The molecule has 5 rings (SSSR count). The van der Waals surface area contributed by atoms with Gasteiger partial charge in [-0.1, -0.05) is 30.0 Å². The van der Waals surface area contributed by atoms with E-state index in [4.69, 9.17) is 5.73 Å². The van der Waals surface area contributed by atoms with Crippen molar-refractivity contribution in [2.45, 2.75) is 24.5 Å². The van der Waals surface area contributed by atoms with Gasteiger partial charge in [0.25, 0.3) is 0 Å². The van der Waals surface area contributed by atoms with Crippen molar-refractivity contribution in [3.05, 3.63) is 64.7 Å². The quantitative estimate of drug-likeness (QED) is 0.381. The molecule has 3 aliphatic carbocycles. The predicted molar refractivity (Wildman–Crippen MR) is 134 cm³/mol. The molecule has 0 radical (unpaired) electrons. The van der Waals surface area contributed by atoms with Crippen LogP contribution in [0.1, 0.15) is 33.5 Å². The van der Waals surface area contributed by atoms with Crippen molar-refractivity contribution in [1.82, 2.24) is 4.90 Å². The van der Waals surface area contributed by atoms with Crippen LogP contribution in [0.25, 0.3) is 0 Å². The van der Waals surface area contributed by atoms with Crippen molar-refractivity contribution >= 4 is 29.0 Å². The highest BCUT2D eigenvalue weighted by atomic mass is 16.3. The van der Waals surface area contributed by atoms with Crippen LogP contribution in [-0.2, 0) is 25.6 Å². The van der Waals surface area contributed by atoms with Gasteiger partial charge in [-0.3, -0.25) is 28.9 Å². The van der Waals surface area contributed by atoms with Crippen LogP contribution in [0.5, 0.6) is 5.75 Å². The molecule has 9 heteroatoms. The third-order valence-corrected chi connectivity index (χ3v) is 8.06. The van der Waals surface area contributed by atoms with Gasteiger partial charge in [0.15, 0.2) is 34.7 Å². The number of carbonyl (C=O) groups is 5. The molecule has 2 aromatic carbocycles. The van der Waals surface area contributed by atoms with Crippen molar-refractivity contribution in [1.29, 1.82) is 0 Å². The molecule has 3 aliphatic rings. The molecular formula is C29H26N2O7. The van der Waals surface area contributed by atoms with E-state index in [0.717, 1.165) is 5.56 Å². The van der Waals surface area contributed by atoms with Gasteiger partial charge >= 0.3 is 0 Å². The summed E-state index contributed by atoms with van der Waals surface area (Å²) in [4.78, 5) is 67.5. The van der Waals surface area contributed by atoms with Gasteiger partial charge in [-0.25, -0.2) is 0 Å². The Balaban J connectivity index is 1.62. The van der Waals surface area contributed by atoms with Gasteiger partial charge in [-0.15, -0.1) is 0 Å². The first-order valence-corrected chi connectivity index (χ1v) is 12.2. The number of phenolic OH excluding ortho intramolecular Hbond substituents is 1. The molecule has 9 nitrogen and oxygen atoms in total. The van der Waals surface area contributed by atoms with Gasteiger partial charge in [0.05, 0.1) is 17.5 Å². The highest BCUT2D eigenvalue weighted by molar-refractivity contribution is 6.32. The van der Waals surface area contributed by atoms with Gasteiger partial charge < -0.3 is 15.9 Å². The Morgan fingerprint density at radius 1 is 1.03 bits per heavy atom. The smallest absolute Gasteiger partial charge is 0.235 e. The molecule has 2 aromatic rings. The van der Waals surface area contributed by atoms with E-state index in [0.29, 0.717) is 11.1 Å². The Hall–Kier alpha value is -4.13. The van der Waals surface area contributed by atoms with Crippen LogP contribution in [0.4, 0.5) is 0 Å². The number of rotatable bonds is 2. The number of hydrogen-bond acceptors (Lipinski definition) is 8. The minimum absolute atomic E-state index is 0.00882. The molecule has 0 saturated heterocycles. The van der Waals surface area contributed by atoms with E-state index in [1.807, 2.05) is 30.3 Å². The van der Waals surface area contributed by atoms with Gasteiger partial charge in [-0.2, -0.15) is 0 Å². The summed E-state index contributed by atoms with van der Waals surface area (Å²) in [6.07, 6.45) is 0.157. The summed E-state index contributed by atoms with van der Waals surface area (Å²) in [7, 11) is 3.09. The largest absolute Gasteiger partial charge is 0.507 e. The molecule has 0 aromatic heterocycles. The topological polar surface area (TPSA) is 155 Å². The van der Waals surface area contributed by atoms with Gasteiger partial charge in [0.2, 0.25) is 5.91 Å². The van der Waals surface area contributed by atoms with E-state index in [1.54, 1.807) is 20.2 Å². The monoisotopic (exact) mass is 514 g/mol. The molecule has 0 heterocycles. The molecule has 2 unspecified atom stereocenters. The average Bonchev–Trinajstić information content (AvgIpc) is 2.86. The zero-order chi connectivity index (χ0) is 27.5. The summed E-state index contributed by atoms with van der Waals surface area (Å²) < 4.78 is 0. The summed E-state index contributed by atoms with van der Waals surface area (Å²) in [6.45, 7) is 0. The lowest BCUT2D eigenvalue weighted by Crippen LogP contribution is -2.74. The molecule has 1 amide bonds. The Bertz CT molecular complexity index is 1470. The number of aliphatic hydroxyl groups is 1. The number of ketones is 4. The van der Waals surface area contributed by atoms with E-state index in [2.05, 4.69) is 11.8 Å². The van der Waals surface area contributed by atoms with Gasteiger partial charge in [0.1, 0.15) is 5.75 Å². The lowest BCUT2D eigenvalue weighted by Gasteiger charge is -2.52. The van der Waals surface area contributed by atoms with Crippen LogP contribution in [0.3, 0.4) is 0 Å². The van der Waals surface area contributed by atoms with Crippen molar-refractivity contribution in [2.75, 3.05) is 14.1 Å². The van der Waals surface area contributed by atoms with E-state index < -0.39 is 64.4 Å². The van der Waals surface area contributed by atoms with Crippen molar-refractivity contribution in [3.63, 3.8) is 0 Å². The number of Topliss-reactive ketones (excluding diaryl/α,β-unsaturated/α-hetero) is 4. The average molecular weight is 515 g/mol. The number of carbonyl (C=O) groups excluding carboxylic acids is 5. The van der Waals surface area contributed by atoms with Crippen molar-refractivity contribution in [2.24, 2.45) is 29.4 Å². The lowest BCUT2D eigenvalue weighted by molar-refractivity contribution is -0.181. The van der Waals surface area contributed by atoms with Crippen LogP contribution in [-0.4, -0.2) is 69.9 Å². The predicted octanol–water partition coefficient (Wildman–Crippen LogP) is 0.267. The molecule has 4 N–H and O–H groups in total. The van der Waals surface area contributed by atoms with E-state index in [1.165, 1.54) is 11.0 Å². The zero-order valence-corrected chi connectivity index (χ0v) is 20.8. The zero-order valence-electron chi connectivity index (χ0n) is 20.8. The first kappa shape index (κ1) is 25.5. The second kappa shape index (κ2) is 9.01. The number of likely N-dealkylation sites (N-methyl/N-ethyl adjacent to an activating group) is 1. The number of hydrogen-bond donors (Lipinski definition) is 3. The second-order valence-electron chi connectivity index (χ2n) is 10.4. The second-order valence-corrected chi connectivity index (χ2v) is 10.4. The number of primary amides is 1. The molecule has 0 bridgehead atoms. The molecular weight excluding hydrogens is 488 g/mol. The molecule has 0 aliphatic heterocycles. The van der Waals surface area contributed by atoms with Crippen LogP contribution in [0.2, 0.25) is 0 Å². The maximum Gasteiger partial charge on any atom is 0.235 e. The molecule has 2 fully saturated rings. The molecule has 2 saturated carbocycles. The first-order chi connectivity index (χ1) is 18.0. The number of fused-ring (bicyclic) bond motifs is 3. The third kappa shape index (κ3) is 3.60. The van der Waals surface area contributed by atoms with E-state index >= 15 is 0 Å². The number of benzene rings is 2. The maximum absolute atomic E-state index is 13.8. The third-order valence-electron chi connectivity index (χ3n) is 8.06. The highest BCUT2D eigenvalue weighted by Crippen LogP contribution is 2.50. The summed E-state index contributed by atoms with van der Waals surface area (Å²) in [5.41, 5.74) is 4.26. The van der Waals surface area contributed by atoms with Crippen LogP contribution >= 0.6 is 0 Å². The lowest BCUT2D eigenvalue weighted by atomic mass is 9.52. The van der Waals surface area contributed by atoms with E-state index in [-0.39, 0.29) is 24.2 Å². The van der Waals surface area contributed by atoms with Crippen LogP contribution < -0.4 is 5.73 Å². The summed E-state index contributed by atoms with van der Waals surface area (Å²) in [5.74, 6) is -4.60. The van der Waals surface area contributed by atoms with Crippen LogP contribution in [0.15, 0.2) is 42.5 Å². The molecule has 194 valence electrons. The summed E-state index contributed by atoms with van der Waals surface area (Å²) in [6, 6.07) is 11.0. The fraction of sp³-hybridized carbons (Fsp3) is 0.345. The molecule has 6 atom stereocenters. The summed E-state index contributed by atoms with van der Waals surface area (Å²) in [5, 5.41) is 22.2. The number of nitrogens with zero attached hydrogens (tertiary/aromatic N) is 1. The molecule has 0 spiro atoms. The van der Waals surface area contributed by atoms with Gasteiger partial charge in [0, 0.05) is 17.0 Å². The highest BCUT2D eigenvalue weighted by Gasteiger charge is 2.69. The van der Waals surface area contributed by atoms with E-state index in [9.17, 15) is 34.2 Å². The van der Waals surface area contributed by atoms with Crippen LogP contribution in [0, 0.1) is 35.5 Å². The number of amides is 1. The van der Waals surface area contributed by atoms with Gasteiger partial charge in [-0.05, 0) is 62.7 Å². The first-order valence-electron chi connectivity index (χ1n) is 12.2. The fourth-order valence-electron chi connectivity index (χ4n) is 6.38. The SMILES string of the molecule is CN(C)[C@@H]1C(=O)C(C(N)=O)C(=O)[C@@]2(O)C(=O)C3C(=O)c4c(O)ccc(C#Cc5ccccc5)c4C[C@H]3C[C@@H]12. The number of aromatic hydroxyl groups is 1. The Labute approximate surface area is 218 Å². The number of phenols is 1. The molecule has 38 heavy (non-hydrogen) atoms. The minimum Gasteiger partial charge on any atom is -0.507 e. The van der Waals surface area contributed by atoms with Crippen molar-refractivity contribution in [3.8, 4) is 17.6 Å². The minimum atomic E-state index is -2.74. The fourth-order valence-corrected chi connectivity index (χ4v) is 6.38. The van der Waals surface area contributed by atoms with Crippen molar-refractivity contribution < 1.29 is 34.2 Å². The standard InChI is InChI=1S/C29H26N2O7/c1-31(2)23-18-13-16-12-17-15(9-8-14-6-4-3-5-7-14)10-11-19(32)21(17)24(33)20(16)26(35)29(18,38)27(36)22(25(23)34)28(30)37/h3-7,10-11,16,18,20,22-23,32,38H,12-13H2,1-2H3,(H2,30,37)/t16-,18-,20?,22?,23-,29-/m0/s1. The Morgan fingerprint density at radius 2 is 1.71 bits per heavy atom. The maximum atomic E-state index is 13.8.